The lowest BCUT2D eigenvalue weighted by molar-refractivity contribution is -0.126. The Labute approximate surface area is 138 Å². The zero-order chi connectivity index (χ0) is 17.8. The topological polar surface area (TPSA) is 74.6 Å². The van der Waals surface area contributed by atoms with Gasteiger partial charge in [0, 0.05) is 6.42 Å². The van der Waals surface area contributed by atoms with Gasteiger partial charge >= 0.3 is 0 Å². The maximum absolute atomic E-state index is 12.6. The van der Waals surface area contributed by atoms with Gasteiger partial charge in [-0.25, -0.2) is 0 Å². The van der Waals surface area contributed by atoms with Gasteiger partial charge in [0.15, 0.2) is 11.6 Å². The van der Waals surface area contributed by atoms with Crippen molar-refractivity contribution in [3.8, 4) is 0 Å². The summed E-state index contributed by atoms with van der Waals surface area (Å²) in [5.41, 5.74) is 0.264. The third-order valence-corrected chi connectivity index (χ3v) is 4.23. The molecule has 1 aliphatic carbocycles. The molecule has 0 aromatic rings. The van der Waals surface area contributed by atoms with Gasteiger partial charge in [-0.05, 0) is 47.0 Å². The second-order valence-corrected chi connectivity index (χ2v) is 6.68. The van der Waals surface area contributed by atoms with Gasteiger partial charge in [-0.1, -0.05) is 30.2 Å². The molecule has 0 fully saturated rings. The summed E-state index contributed by atoms with van der Waals surface area (Å²) in [5.74, 6) is -2.09. The van der Waals surface area contributed by atoms with Gasteiger partial charge in [-0.3, -0.25) is 9.59 Å². The summed E-state index contributed by atoms with van der Waals surface area (Å²) in [7, 11) is 0. The van der Waals surface area contributed by atoms with Crippen molar-refractivity contribution >= 4 is 11.6 Å². The van der Waals surface area contributed by atoms with Gasteiger partial charge in [0.1, 0.15) is 16.9 Å². The van der Waals surface area contributed by atoms with Gasteiger partial charge in [0.25, 0.3) is 0 Å². The van der Waals surface area contributed by atoms with Gasteiger partial charge in [-0.2, -0.15) is 0 Å². The van der Waals surface area contributed by atoms with Crippen molar-refractivity contribution in [1.82, 2.24) is 0 Å². The van der Waals surface area contributed by atoms with E-state index in [1.54, 1.807) is 6.92 Å². The Morgan fingerprint density at radius 2 is 1.74 bits per heavy atom. The quantitative estimate of drug-likeness (QED) is 0.552. The molecule has 0 amide bonds. The molecule has 23 heavy (non-hydrogen) atoms. The molecule has 0 saturated heterocycles. The first-order valence-electron chi connectivity index (χ1n) is 8.15. The largest absolute Gasteiger partial charge is 0.508 e. The van der Waals surface area contributed by atoms with E-state index < -0.39 is 28.8 Å². The molecule has 0 radical (unpaired) electrons. The standard InChI is InChI=1S/C19H28O4/c1-6-15(20)16-17(21)14(10-9-13(4)5)19(23,18(16)22)11-7-8-12(2)3/h8-9,14,22-23H,6-7,10-11H2,1-5H3. The Hall–Kier alpha value is -1.68. The van der Waals surface area contributed by atoms with Gasteiger partial charge < -0.3 is 10.2 Å². The lowest BCUT2D eigenvalue weighted by Crippen LogP contribution is -2.38. The van der Waals surface area contributed by atoms with Crippen LogP contribution in [-0.4, -0.2) is 27.4 Å². The molecule has 0 aliphatic heterocycles. The van der Waals surface area contributed by atoms with E-state index in [1.807, 2.05) is 39.8 Å². The molecule has 0 bridgehead atoms. The molecule has 0 heterocycles. The average Bonchev–Trinajstić information content (AvgIpc) is 2.63. The van der Waals surface area contributed by atoms with Crippen LogP contribution in [0.4, 0.5) is 0 Å². The molecular formula is C19H28O4. The minimum Gasteiger partial charge on any atom is -0.508 e. The smallest absolute Gasteiger partial charge is 0.176 e. The van der Waals surface area contributed by atoms with Crippen LogP contribution in [0.5, 0.6) is 0 Å². The molecule has 2 unspecified atom stereocenters. The Bertz CT molecular complexity index is 572. The summed E-state index contributed by atoms with van der Waals surface area (Å²) in [5, 5.41) is 21.4. The monoisotopic (exact) mass is 320 g/mol. The number of hydrogen-bond acceptors (Lipinski definition) is 4. The van der Waals surface area contributed by atoms with Crippen molar-refractivity contribution in [2.45, 2.75) is 65.9 Å². The maximum Gasteiger partial charge on any atom is 0.176 e. The zero-order valence-corrected chi connectivity index (χ0v) is 14.8. The molecule has 2 atom stereocenters. The Morgan fingerprint density at radius 1 is 1.17 bits per heavy atom. The Kier molecular flexibility index (Phi) is 6.51. The van der Waals surface area contributed by atoms with Crippen LogP contribution < -0.4 is 0 Å². The fourth-order valence-corrected chi connectivity index (χ4v) is 2.86. The second-order valence-electron chi connectivity index (χ2n) is 6.68. The van der Waals surface area contributed by atoms with E-state index in [0.29, 0.717) is 12.8 Å². The first-order valence-corrected chi connectivity index (χ1v) is 8.15. The summed E-state index contributed by atoms with van der Waals surface area (Å²) in [4.78, 5) is 24.6. The second kappa shape index (κ2) is 7.73. The first kappa shape index (κ1) is 19.4. The first-order chi connectivity index (χ1) is 10.6. The van der Waals surface area contributed by atoms with Crippen molar-refractivity contribution < 1.29 is 19.8 Å². The van der Waals surface area contributed by atoms with Crippen LogP contribution in [0.25, 0.3) is 0 Å². The van der Waals surface area contributed by atoms with Gasteiger partial charge in [0.05, 0.1) is 5.92 Å². The van der Waals surface area contributed by atoms with Crippen LogP contribution in [-0.2, 0) is 9.59 Å². The number of aliphatic hydroxyl groups is 2. The normalized spacial score (nSPS) is 23.9. The third kappa shape index (κ3) is 4.20. The number of ketones is 2. The number of Topliss-reactive ketones (excluding diaryl/α,β-unsaturated/α-hetero) is 2. The van der Waals surface area contributed by atoms with Crippen molar-refractivity contribution in [2.75, 3.05) is 0 Å². The number of carbonyl (C=O) groups excluding carboxylic acids is 2. The summed E-state index contributed by atoms with van der Waals surface area (Å²) in [6, 6.07) is 0. The van der Waals surface area contributed by atoms with E-state index in [2.05, 4.69) is 0 Å². The van der Waals surface area contributed by atoms with Crippen LogP contribution in [0, 0.1) is 5.92 Å². The molecule has 0 spiro atoms. The van der Waals surface area contributed by atoms with E-state index in [1.165, 1.54) is 0 Å². The van der Waals surface area contributed by atoms with E-state index >= 15 is 0 Å². The highest BCUT2D eigenvalue weighted by molar-refractivity contribution is 6.23. The highest BCUT2D eigenvalue weighted by Gasteiger charge is 2.53. The van der Waals surface area contributed by atoms with Crippen LogP contribution >= 0.6 is 0 Å². The third-order valence-electron chi connectivity index (χ3n) is 4.23. The summed E-state index contributed by atoms with van der Waals surface area (Å²) < 4.78 is 0. The van der Waals surface area contributed by atoms with Gasteiger partial charge in [0.2, 0.25) is 0 Å². The summed E-state index contributed by atoms with van der Waals surface area (Å²) in [6.45, 7) is 9.36. The van der Waals surface area contributed by atoms with E-state index in [0.717, 1.165) is 11.1 Å². The minimum atomic E-state index is -1.66. The van der Waals surface area contributed by atoms with Crippen molar-refractivity contribution in [2.24, 2.45) is 5.92 Å². The average molecular weight is 320 g/mol. The van der Waals surface area contributed by atoms with Crippen molar-refractivity contribution in [1.29, 1.82) is 0 Å². The van der Waals surface area contributed by atoms with Crippen molar-refractivity contribution in [3.63, 3.8) is 0 Å². The highest BCUT2D eigenvalue weighted by atomic mass is 16.3. The Morgan fingerprint density at radius 3 is 2.22 bits per heavy atom. The zero-order valence-electron chi connectivity index (χ0n) is 14.8. The van der Waals surface area contributed by atoms with E-state index in [9.17, 15) is 19.8 Å². The molecule has 0 saturated carbocycles. The predicted molar refractivity (Wildman–Crippen MR) is 91.1 cm³/mol. The van der Waals surface area contributed by atoms with Crippen LogP contribution in [0.2, 0.25) is 0 Å². The van der Waals surface area contributed by atoms with E-state index in [4.69, 9.17) is 0 Å². The maximum atomic E-state index is 12.6. The number of hydrogen-bond donors (Lipinski definition) is 2. The lowest BCUT2D eigenvalue weighted by Gasteiger charge is -2.28. The number of rotatable bonds is 7. The number of carbonyl (C=O) groups is 2. The SMILES string of the molecule is CCC(=O)C1=C(O)C(O)(CCC=C(C)C)C(CC=C(C)C)C1=O. The minimum absolute atomic E-state index is 0.130. The molecular weight excluding hydrogens is 292 g/mol. The van der Waals surface area contributed by atoms with Gasteiger partial charge in [-0.15, -0.1) is 0 Å². The van der Waals surface area contributed by atoms with E-state index in [-0.39, 0.29) is 18.4 Å². The molecule has 0 aromatic carbocycles. The highest BCUT2D eigenvalue weighted by Crippen LogP contribution is 2.42. The van der Waals surface area contributed by atoms with Crippen molar-refractivity contribution in [3.05, 3.63) is 34.6 Å². The van der Waals surface area contributed by atoms with Crippen LogP contribution in [0.1, 0.15) is 60.3 Å². The molecule has 1 aliphatic rings. The number of allylic oxidation sites excluding steroid dienone is 5. The van der Waals surface area contributed by atoms with Crippen LogP contribution in [0.3, 0.4) is 0 Å². The molecule has 2 N–H and O–H groups in total. The Balaban J connectivity index is 3.22. The fraction of sp³-hybridized carbons (Fsp3) is 0.579. The number of aliphatic hydroxyl groups excluding tert-OH is 1. The molecule has 128 valence electrons. The predicted octanol–water partition coefficient (Wildman–Crippen LogP) is 3.81. The fourth-order valence-electron chi connectivity index (χ4n) is 2.86. The summed E-state index contributed by atoms with van der Waals surface area (Å²) >= 11 is 0. The molecule has 0 aromatic heterocycles. The molecule has 4 heteroatoms. The lowest BCUT2D eigenvalue weighted by atomic mass is 9.82. The molecule has 4 nitrogen and oxygen atoms in total. The molecule has 1 rings (SSSR count). The van der Waals surface area contributed by atoms with Crippen LogP contribution in [0.15, 0.2) is 34.6 Å². The summed E-state index contributed by atoms with van der Waals surface area (Å²) in [6.07, 6.45) is 5.02.